The third-order valence-corrected chi connectivity index (χ3v) is 4.27. The van der Waals surface area contributed by atoms with Crippen LogP contribution in [0.2, 0.25) is 0 Å². The van der Waals surface area contributed by atoms with Gasteiger partial charge in [-0.15, -0.1) is 0 Å². The van der Waals surface area contributed by atoms with E-state index in [4.69, 9.17) is 0 Å². The van der Waals surface area contributed by atoms with Gasteiger partial charge >= 0.3 is 0 Å². The lowest BCUT2D eigenvalue weighted by Gasteiger charge is -2.08. The third kappa shape index (κ3) is 2.82. The Balaban J connectivity index is 1.45. The third-order valence-electron chi connectivity index (χ3n) is 4.27. The smallest absolute Gasteiger partial charge is 0.229 e. The van der Waals surface area contributed by atoms with Crippen molar-refractivity contribution < 1.29 is 4.39 Å². The van der Waals surface area contributed by atoms with Crippen LogP contribution in [0.4, 0.5) is 27.7 Å². The summed E-state index contributed by atoms with van der Waals surface area (Å²) in [5, 5.41) is 15.1. The Morgan fingerprint density at radius 2 is 1.89 bits per heavy atom. The van der Waals surface area contributed by atoms with Crippen molar-refractivity contribution in [3.63, 3.8) is 0 Å². The van der Waals surface area contributed by atoms with Gasteiger partial charge in [0, 0.05) is 28.7 Å². The molecular weight excluding hydrogens is 345 g/mol. The highest BCUT2D eigenvalue weighted by Gasteiger charge is 2.09. The molecule has 3 heterocycles. The summed E-state index contributed by atoms with van der Waals surface area (Å²) in [5.74, 6) is 1.17. The SMILES string of the molecule is Fc1ccc2[nH]nc(Nc3ccnc(Nc4cccc5[nH]ccc45)n3)c2c1. The summed E-state index contributed by atoms with van der Waals surface area (Å²) in [7, 11) is 0. The molecule has 0 unspecified atom stereocenters. The van der Waals surface area contributed by atoms with Crippen molar-refractivity contribution in [1.82, 2.24) is 25.1 Å². The van der Waals surface area contributed by atoms with E-state index < -0.39 is 0 Å². The summed E-state index contributed by atoms with van der Waals surface area (Å²) in [6.07, 6.45) is 3.53. The van der Waals surface area contributed by atoms with E-state index in [1.807, 2.05) is 30.5 Å². The predicted octanol–water partition coefficient (Wildman–Crippen LogP) is 4.46. The second-order valence-electron chi connectivity index (χ2n) is 6.02. The molecule has 4 N–H and O–H groups in total. The Morgan fingerprint density at radius 1 is 0.926 bits per heavy atom. The van der Waals surface area contributed by atoms with E-state index in [0.717, 1.165) is 22.1 Å². The quantitative estimate of drug-likeness (QED) is 0.380. The van der Waals surface area contributed by atoms with Gasteiger partial charge in [0.2, 0.25) is 5.95 Å². The molecule has 0 radical (unpaired) electrons. The highest BCUT2D eigenvalue weighted by atomic mass is 19.1. The number of nitrogens with zero attached hydrogens (tertiary/aromatic N) is 3. The average molecular weight is 359 g/mol. The maximum atomic E-state index is 13.5. The monoisotopic (exact) mass is 359 g/mol. The van der Waals surface area contributed by atoms with Crippen LogP contribution in [0.3, 0.4) is 0 Å². The zero-order valence-corrected chi connectivity index (χ0v) is 14.0. The summed E-state index contributed by atoms with van der Waals surface area (Å²) in [4.78, 5) is 11.9. The highest BCUT2D eigenvalue weighted by Crippen LogP contribution is 2.26. The van der Waals surface area contributed by atoms with Crippen molar-refractivity contribution in [1.29, 1.82) is 0 Å². The first kappa shape index (κ1) is 15.3. The predicted molar refractivity (Wildman–Crippen MR) is 103 cm³/mol. The first-order chi connectivity index (χ1) is 13.3. The molecule has 2 aromatic carbocycles. The molecule has 0 aliphatic carbocycles. The van der Waals surface area contributed by atoms with Gasteiger partial charge in [0.15, 0.2) is 5.82 Å². The first-order valence-electron chi connectivity index (χ1n) is 8.33. The number of H-pyrrole nitrogens is 2. The van der Waals surface area contributed by atoms with Crippen LogP contribution in [0.15, 0.2) is 60.9 Å². The van der Waals surface area contributed by atoms with E-state index in [2.05, 4.69) is 35.8 Å². The molecular formula is C19H14FN7. The molecule has 5 aromatic rings. The van der Waals surface area contributed by atoms with E-state index >= 15 is 0 Å². The molecule has 0 spiro atoms. The molecule has 132 valence electrons. The number of hydrogen-bond acceptors (Lipinski definition) is 5. The van der Waals surface area contributed by atoms with Crippen molar-refractivity contribution in [3.8, 4) is 0 Å². The number of aromatic amines is 2. The minimum absolute atomic E-state index is 0.323. The molecule has 0 saturated heterocycles. The van der Waals surface area contributed by atoms with Crippen molar-refractivity contribution in [2.75, 3.05) is 10.6 Å². The Morgan fingerprint density at radius 3 is 2.85 bits per heavy atom. The van der Waals surface area contributed by atoms with Crippen molar-refractivity contribution >= 4 is 45.1 Å². The second kappa shape index (κ2) is 6.10. The fourth-order valence-electron chi connectivity index (χ4n) is 3.01. The maximum Gasteiger partial charge on any atom is 0.229 e. The zero-order chi connectivity index (χ0) is 18.2. The van der Waals surface area contributed by atoms with E-state index in [0.29, 0.717) is 23.0 Å². The second-order valence-corrected chi connectivity index (χ2v) is 6.02. The van der Waals surface area contributed by atoms with Gasteiger partial charge in [0.1, 0.15) is 11.6 Å². The lowest BCUT2D eigenvalue weighted by Crippen LogP contribution is -2.01. The fourth-order valence-corrected chi connectivity index (χ4v) is 3.01. The van der Waals surface area contributed by atoms with Gasteiger partial charge in [-0.1, -0.05) is 6.07 Å². The Labute approximate surface area is 152 Å². The van der Waals surface area contributed by atoms with E-state index in [1.54, 1.807) is 18.3 Å². The lowest BCUT2D eigenvalue weighted by atomic mass is 10.2. The molecule has 0 atom stereocenters. The van der Waals surface area contributed by atoms with E-state index in [-0.39, 0.29) is 5.82 Å². The Kier molecular flexibility index (Phi) is 3.46. The highest BCUT2D eigenvalue weighted by molar-refractivity contribution is 5.93. The van der Waals surface area contributed by atoms with Crippen LogP contribution in [0, 0.1) is 5.82 Å². The van der Waals surface area contributed by atoms with Crippen LogP contribution in [0.5, 0.6) is 0 Å². The number of hydrogen-bond donors (Lipinski definition) is 4. The van der Waals surface area contributed by atoms with Crippen molar-refractivity contribution in [2.24, 2.45) is 0 Å². The Hall–Kier alpha value is -3.94. The molecule has 5 rings (SSSR count). The molecule has 3 aromatic heterocycles. The molecule has 0 aliphatic heterocycles. The minimum atomic E-state index is -0.323. The van der Waals surface area contributed by atoms with Crippen molar-refractivity contribution in [3.05, 3.63) is 66.7 Å². The average Bonchev–Trinajstić information content (AvgIpc) is 3.30. The molecule has 0 amide bonds. The zero-order valence-electron chi connectivity index (χ0n) is 14.0. The lowest BCUT2D eigenvalue weighted by molar-refractivity contribution is 0.630. The molecule has 0 aliphatic rings. The van der Waals surface area contributed by atoms with E-state index in [1.165, 1.54) is 12.1 Å². The van der Waals surface area contributed by atoms with Crippen LogP contribution >= 0.6 is 0 Å². The summed E-state index contributed by atoms with van der Waals surface area (Å²) < 4.78 is 13.5. The van der Waals surface area contributed by atoms with Crippen LogP contribution in [-0.2, 0) is 0 Å². The number of rotatable bonds is 4. The summed E-state index contributed by atoms with van der Waals surface area (Å²) in [6, 6.07) is 14.1. The molecule has 27 heavy (non-hydrogen) atoms. The first-order valence-corrected chi connectivity index (χ1v) is 8.33. The van der Waals surface area contributed by atoms with Gasteiger partial charge in [0.05, 0.1) is 11.2 Å². The summed E-state index contributed by atoms with van der Waals surface area (Å²) >= 11 is 0. The molecule has 0 bridgehead atoms. The summed E-state index contributed by atoms with van der Waals surface area (Å²) in [5.41, 5.74) is 2.67. The van der Waals surface area contributed by atoms with Crippen molar-refractivity contribution in [2.45, 2.75) is 0 Å². The number of nitrogens with one attached hydrogen (secondary N) is 4. The largest absolute Gasteiger partial charge is 0.361 e. The number of anilines is 4. The van der Waals surface area contributed by atoms with Gasteiger partial charge in [-0.05, 0) is 42.5 Å². The maximum absolute atomic E-state index is 13.5. The van der Waals surface area contributed by atoms with Crippen LogP contribution < -0.4 is 10.6 Å². The van der Waals surface area contributed by atoms with Crippen LogP contribution in [-0.4, -0.2) is 25.1 Å². The molecule has 8 heteroatoms. The van der Waals surface area contributed by atoms with Gasteiger partial charge < -0.3 is 15.6 Å². The fraction of sp³-hybridized carbons (Fsp3) is 0. The van der Waals surface area contributed by atoms with Gasteiger partial charge in [-0.3, -0.25) is 5.10 Å². The topological polar surface area (TPSA) is 94.3 Å². The van der Waals surface area contributed by atoms with Crippen LogP contribution in [0.1, 0.15) is 0 Å². The minimum Gasteiger partial charge on any atom is -0.361 e. The molecule has 0 fully saturated rings. The van der Waals surface area contributed by atoms with Gasteiger partial charge in [-0.2, -0.15) is 10.1 Å². The standard InChI is InChI=1S/C19H14FN7/c20-11-4-5-16-13(10-11)18(27-26-16)24-17-7-9-22-19(25-17)23-15-3-1-2-14-12(15)6-8-21-14/h1-10,21H,(H3,22,23,24,25,26,27). The van der Waals surface area contributed by atoms with E-state index in [9.17, 15) is 4.39 Å². The molecule has 7 nitrogen and oxygen atoms in total. The number of aromatic nitrogens is 5. The van der Waals surface area contributed by atoms with Gasteiger partial charge in [-0.25, -0.2) is 9.37 Å². The normalized spacial score (nSPS) is 11.1. The number of benzene rings is 2. The number of fused-ring (bicyclic) bond motifs is 2. The van der Waals surface area contributed by atoms with Crippen LogP contribution in [0.25, 0.3) is 21.8 Å². The number of halogens is 1. The summed E-state index contributed by atoms with van der Waals surface area (Å²) in [6.45, 7) is 0. The molecule has 0 saturated carbocycles. The van der Waals surface area contributed by atoms with Gasteiger partial charge in [0.25, 0.3) is 0 Å². The Bertz CT molecular complexity index is 1260.